The quantitative estimate of drug-likeness (QED) is 0.489. The number of ether oxygens (including phenoxy) is 1. The van der Waals surface area contributed by atoms with Crippen molar-refractivity contribution >= 4 is 0 Å². The van der Waals surface area contributed by atoms with Crippen LogP contribution in [0.1, 0.15) is 21.8 Å². The molecular weight excluding hydrogens is 88.1 g/mol. The topological polar surface area (TPSA) is 9.23 Å². The molecule has 0 aromatic rings. The molecule has 0 aliphatic heterocycles. The van der Waals surface area contributed by atoms with Crippen LogP contribution in [-0.4, -0.2) is 6.61 Å². The molecule has 0 unspecified atom stereocenters. The van der Waals surface area contributed by atoms with Gasteiger partial charge in [0.1, 0.15) is 0 Å². The molecule has 0 atom stereocenters. The molecule has 0 spiro atoms. The van der Waals surface area contributed by atoms with Crippen LogP contribution in [0.4, 0.5) is 0 Å². The Hall–Kier alpha value is -0.460. The summed E-state index contributed by atoms with van der Waals surface area (Å²) in [5, 5.41) is 0. The highest BCUT2D eigenvalue weighted by Crippen LogP contribution is 1.65. The molecule has 0 N–H and O–H groups in total. The second-order valence-corrected chi connectivity index (χ2v) is 0.622. The van der Waals surface area contributed by atoms with E-state index >= 15 is 0 Å². The number of rotatable bonds is 2. The molecule has 0 rings (SSSR count). The minimum Gasteiger partial charge on any atom is -0.502 e. The normalized spacial score (nSPS) is 4.71. The average molecular weight is 104 g/mol. The van der Waals surface area contributed by atoms with E-state index in [1.165, 1.54) is 6.26 Å². The molecule has 0 aliphatic rings. The maximum atomic E-state index is 4.60. The Morgan fingerprint density at radius 1 is 1.57 bits per heavy atom. The van der Waals surface area contributed by atoms with E-state index in [2.05, 4.69) is 11.3 Å². The van der Waals surface area contributed by atoms with Gasteiger partial charge < -0.3 is 4.74 Å². The Morgan fingerprint density at radius 2 is 2.00 bits per heavy atom. The lowest BCUT2D eigenvalue weighted by molar-refractivity contribution is 0.270. The molecule has 0 fully saturated rings. The van der Waals surface area contributed by atoms with E-state index < -0.39 is 0 Å². The van der Waals surface area contributed by atoms with Gasteiger partial charge in [-0.15, -0.1) is 0 Å². The molecule has 0 saturated carbocycles. The minimum atomic E-state index is 0. The van der Waals surface area contributed by atoms with Crippen LogP contribution in [0.3, 0.4) is 0 Å². The van der Waals surface area contributed by atoms with Gasteiger partial charge in [-0.2, -0.15) is 0 Å². The first kappa shape index (κ1) is 16.0. The van der Waals surface area contributed by atoms with Crippen LogP contribution >= 0.6 is 0 Å². The van der Waals surface area contributed by atoms with Crippen LogP contribution < -0.4 is 0 Å². The van der Waals surface area contributed by atoms with Gasteiger partial charge in [0.15, 0.2) is 0 Å². The highest BCUT2D eigenvalue weighted by Gasteiger charge is 1.55. The maximum Gasteiger partial charge on any atom is 0.0844 e. The predicted octanol–water partition coefficient (Wildman–Crippen LogP) is 2.44. The van der Waals surface area contributed by atoms with Gasteiger partial charge in [-0.05, 0) is 6.92 Å². The Labute approximate surface area is 47.0 Å². The van der Waals surface area contributed by atoms with Gasteiger partial charge in [-0.3, -0.25) is 0 Å². The molecule has 7 heavy (non-hydrogen) atoms. The fourth-order valence-corrected chi connectivity index (χ4v) is 0.118. The molecule has 0 radical (unpaired) electrons. The van der Waals surface area contributed by atoms with Crippen molar-refractivity contribution in [3.8, 4) is 0 Å². The van der Waals surface area contributed by atoms with Gasteiger partial charge >= 0.3 is 0 Å². The molecule has 1 nitrogen and oxygen atoms in total. The number of hydrogen-bond donors (Lipinski definition) is 0. The third-order valence-electron chi connectivity index (χ3n) is 0.285. The van der Waals surface area contributed by atoms with Crippen LogP contribution in [0.15, 0.2) is 12.8 Å². The molecule has 0 aliphatic carbocycles. The van der Waals surface area contributed by atoms with Crippen LogP contribution in [0.5, 0.6) is 0 Å². The summed E-state index contributed by atoms with van der Waals surface area (Å²) < 4.78 is 4.60. The standard InChI is InChI=1S/C4H8O.2CH4/c1-3-5-4-2;;/h3H,1,4H2,2H3;2*1H4. The zero-order chi connectivity index (χ0) is 4.12. The molecule has 0 amide bonds. The predicted molar refractivity (Wildman–Crippen MR) is 35.3 cm³/mol. The van der Waals surface area contributed by atoms with Gasteiger partial charge in [0.25, 0.3) is 0 Å². The van der Waals surface area contributed by atoms with Crippen LogP contribution in [-0.2, 0) is 4.74 Å². The summed E-state index contributed by atoms with van der Waals surface area (Å²) in [6.45, 7) is 5.97. The molecule has 46 valence electrons. The molecule has 0 saturated heterocycles. The molecule has 0 bridgehead atoms. The van der Waals surface area contributed by atoms with Crippen molar-refractivity contribution in [1.82, 2.24) is 0 Å². The van der Waals surface area contributed by atoms with E-state index in [-0.39, 0.29) is 14.9 Å². The highest BCUT2D eigenvalue weighted by atomic mass is 16.5. The first-order valence-corrected chi connectivity index (χ1v) is 1.64. The van der Waals surface area contributed by atoms with E-state index in [0.717, 1.165) is 6.61 Å². The molecule has 0 aromatic heterocycles. The third kappa shape index (κ3) is 29.3. The number of hydrogen-bond acceptors (Lipinski definition) is 1. The van der Waals surface area contributed by atoms with Gasteiger partial charge in [0.2, 0.25) is 0 Å². The lowest BCUT2D eigenvalue weighted by atomic mass is 10.9. The fraction of sp³-hybridized carbons (Fsp3) is 0.667. The Bertz CT molecular complexity index is 25.4. The van der Waals surface area contributed by atoms with Crippen molar-refractivity contribution in [2.75, 3.05) is 6.61 Å². The summed E-state index contributed by atoms with van der Waals surface area (Å²) in [4.78, 5) is 0. The third-order valence-corrected chi connectivity index (χ3v) is 0.285. The lowest BCUT2D eigenvalue weighted by Gasteiger charge is -1.84. The summed E-state index contributed by atoms with van der Waals surface area (Å²) in [5.74, 6) is 0. The van der Waals surface area contributed by atoms with Gasteiger partial charge in [-0.1, -0.05) is 21.4 Å². The zero-order valence-corrected chi connectivity index (χ0v) is 3.40. The van der Waals surface area contributed by atoms with Crippen molar-refractivity contribution in [2.24, 2.45) is 0 Å². The highest BCUT2D eigenvalue weighted by molar-refractivity contribution is 4.45. The summed E-state index contributed by atoms with van der Waals surface area (Å²) >= 11 is 0. The lowest BCUT2D eigenvalue weighted by Crippen LogP contribution is -1.72. The molecule has 0 aromatic carbocycles. The first-order valence-electron chi connectivity index (χ1n) is 1.64. The Kier molecular flexibility index (Phi) is 40.5. The largest absolute Gasteiger partial charge is 0.502 e. The monoisotopic (exact) mass is 104 g/mol. The van der Waals surface area contributed by atoms with E-state index in [1.807, 2.05) is 6.92 Å². The van der Waals surface area contributed by atoms with E-state index in [0.29, 0.717) is 0 Å². The van der Waals surface area contributed by atoms with Crippen molar-refractivity contribution in [3.05, 3.63) is 12.8 Å². The SMILES string of the molecule is C.C.C=COCC. The van der Waals surface area contributed by atoms with Crippen molar-refractivity contribution in [1.29, 1.82) is 0 Å². The smallest absolute Gasteiger partial charge is 0.0844 e. The van der Waals surface area contributed by atoms with Crippen LogP contribution in [0.25, 0.3) is 0 Å². The second kappa shape index (κ2) is 17.7. The Balaban J connectivity index is -0.0000000800. The van der Waals surface area contributed by atoms with Crippen molar-refractivity contribution in [2.45, 2.75) is 21.8 Å². The first-order chi connectivity index (χ1) is 2.41. The fourth-order valence-electron chi connectivity index (χ4n) is 0.118. The minimum absolute atomic E-state index is 0. The van der Waals surface area contributed by atoms with Crippen LogP contribution in [0, 0.1) is 0 Å². The summed E-state index contributed by atoms with van der Waals surface area (Å²) in [7, 11) is 0. The summed E-state index contributed by atoms with van der Waals surface area (Å²) in [6.07, 6.45) is 1.43. The molecular formula is C6H16O. The summed E-state index contributed by atoms with van der Waals surface area (Å²) in [6, 6.07) is 0. The van der Waals surface area contributed by atoms with E-state index in [4.69, 9.17) is 0 Å². The zero-order valence-electron chi connectivity index (χ0n) is 3.40. The van der Waals surface area contributed by atoms with Crippen molar-refractivity contribution in [3.63, 3.8) is 0 Å². The average Bonchev–Trinajstić information content (AvgIpc) is 1.41. The van der Waals surface area contributed by atoms with E-state index in [9.17, 15) is 0 Å². The van der Waals surface area contributed by atoms with E-state index in [1.54, 1.807) is 0 Å². The second-order valence-electron chi connectivity index (χ2n) is 0.622. The molecule has 0 heterocycles. The van der Waals surface area contributed by atoms with Crippen molar-refractivity contribution < 1.29 is 4.74 Å². The Morgan fingerprint density at radius 3 is 2.00 bits per heavy atom. The maximum absolute atomic E-state index is 4.60. The summed E-state index contributed by atoms with van der Waals surface area (Å²) in [5.41, 5.74) is 0. The molecule has 1 heteroatoms. The van der Waals surface area contributed by atoms with Gasteiger partial charge in [0, 0.05) is 0 Å². The van der Waals surface area contributed by atoms with Gasteiger partial charge in [-0.25, -0.2) is 0 Å². The van der Waals surface area contributed by atoms with Gasteiger partial charge in [0.05, 0.1) is 12.9 Å². The van der Waals surface area contributed by atoms with Crippen LogP contribution in [0.2, 0.25) is 0 Å².